The third kappa shape index (κ3) is 12.4. The van der Waals surface area contributed by atoms with E-state index in [-0.39, 0.29) is 0 Å². The molecule has 0 aliphatic carbocycles. The molecule has 0 bridgehead atoms. The van der Waals surface area contributed by atoms with Crippen molar-refractivity contribution in [1.29, 1.82) is 0 Å². The molecule has 6 nitrogen and oxygen atoms in total. The van der Waals surface area contributed by atoms with Crippen molar-refractivity contribution in [3.05, 3.63) is 72.8 Å². The Morgan fingerprint density at radius 1 is 0.288 bits per heavy atom. The van der Waals surface area contributed by atoms with Gasteiger partial charge in [-0.3, -0.25) is 0 Å². The lowest BCUT2D eigenvalue weighted by Gasteiger charge is -2.20. The molecule has 6 heteroatoms. The van der Waals surface area contributed by atoms with Crippen LogP contribution in [0.25, 0.3) is 65.2 Å². The standard InChI is InChI=1S/C60H80N2O4/c1-5-9-13-17-21-29-41-63-57-45-33-25-27-35-47(45)59(65-43-31-23-19-15-11-7-3)53-49(57)37-39-51-55(53)61-52-40-38-50-54(56(52)62-51)60(66-44-32-24-20-16-12-8-4)48-36-28-26-34-46(48)58(50)64-42-30-22-18-14-10-6-2/h25-28,33-40H,5-24,29-32,41-44H2,1-4H3. The average Bonchev–Trinajstić information content (AvgIpc) is 3.35. The highest BCUT2D eigenvalue weighted by Gasteiger charge is 2.23. The van der Waals surface area contributed by atoms with Crippen LogP contribution in [-0.2, 0) is 0 Å². The summed E-state index contributed by atoms with van der Waals surface area (Å²) in [6.07, 6.45) is 29.1. The third-order valence-electron chi connectivity index (χ3n) is 13.5. The quantitative estimate of drug-likeness (QED) is 0.0238. The summed E-state index contributed by atoms with van der Waals surface area (Å²) in [5.41, 5.74) is 3.33. The molecule has 0 saturated carbocycles. The third-order valence-corrected chi connectivity index (χ3v) is 13.5. The van der Waals surface area contributed by atoms with Crippen LogP contribution in [0.4, 0.5) is 0 Å². The molecule has 0 spiro atoms. The lowest BCUT2D eigenvalue weighted by Crippen LogP contribution is -2.04. The molecule has 0 saturated heterocycles. The number of rotatable bonds is 32. The highest BCUT2D eigenvalue weighted by atomic mass is 16.5. The molecule has 0 N–H and O–H groups in total. The monoisotopic (exact) mass is 893 g/mol. The number of hydrogen-bond acceptors (Lipinski definition) is 6. The van der Waals surface area contributed by atoms with Gasteiger partial charge in [-0.05, 0) is 49.9 Å². The predicted molar refractivity (Wildman–Crippen MR) is 283 cm³/mol. The molecule has 6 aromatic carbocycles. The molecule has 1 heterocycles. The van der Waals surface area contributed by atoms with E-state index in [0.717, 1.165) is 127 Å². The number of nitrogens with zero attached hydrogens (tertiary/aromatic N) is 2. The zero-order valence-corrected chi connectivity index (χ0v) is 41.3. The van der Waals surface area contributed by atoms with Crippen LogP contribution in [0.3, 0.4) is 0 Å². The van der Waals surface area contributed by atoms with E-state index in [0.29, 0.717) is 26.4 Å². The molecule has 0 radical (unpaired) electrons. The maximum Gasteiger partial charge on any atom is 0.137 e. The topological polar surface area (TPSA) is 62.7 Å². The minimum absolute atomic E-state index is 0.652. The molecule has 0 fully saturated rings. The fraction of sp³-hybridized carbons (Fsp3) is 0.533. The van der Waals surface area contributed by atoms with E-state index < -0.39 is 0 Å². The summed E-state index contributed by atoms with van der Waals surface area (Å²) in [7, 11) is 0. The van der Waals surface area contributed by atoms with Gasteiger partial charge >= 0.3 is 0 Å². The normalized spacial score (nSPS) is 11.8. The van der Waals surface area contributed by atoms with Crippen LogP contribution in [0.2, 0.25) is 0 Å². The van der Waals surface area contributed by atoms with Gasteiger partial charge in [-0.25, -0.2) is 9.97 Å². The van der Waals surface area contributed by atoms with Crippen molar-refractivity contribution in [3.8, 4) is 23.0 Å². The van der Waals surface area contributed by atoms with Crippen molar-refractivity contribution < 1.29 is 18.9 Å². The van der Waals surface area contributed by atoms with Gasteiger partial charge in [0, 0.05) is 32.3 Å². The first-order valence-corrected chi connectivity index (χ1v) is 26.7. The molecule has 0 atom stereocenters. The Kier molecular flexibility index (Phi) is 19.7. The van der Waals surface area contributed by atoms with Crippen molar-refractivity contribution in [3.63, 3.8) is 0 Å². The van der Waals surface area contributed by atoms with Gasteiger partial charge in [-0.15, -0.1) is 0 Å². The Morgan fingerprint density at radius 2 is 0.561 bits per heavy atom. The SMILES string of the molecule is CCCCCCCCOc1c2ccccc2c(OCCCCCCCC)c2c1ccc1nc3c(ccc4c(OCCCCCCCC)c5ccccc5c(OCCCCCCCC)c43)nc12. The van der Waals surface area contributed by atoms with Crippen molar-refractivity contribution in [2.24, 2.45) is 0 Å². The first-order chi connectivity index (χ1) is 32.7. The van der Waals surface area contributed by atoms with Gasteiger partial charge in [0.1, 0.15) is 34.0 Å². The number of benzene rings is 6. The maximum absolute atomic E-state index is 6.95. The van der Waals surface area contributed by atoms with Crippen LogP contribution in [0.1, 0.15) is 182 Å². The molecule has 7 aromatic rings. The van der Waals surface area contributed by atoms with Crippen LogP contribution in [0, 0.1) is 0 Å². The lowest BCUT2D eigenvalue weighted by molar-refractivity contribution is 0.306. The summed E-state index contributed by atoms with van der Waals surface area (Å²) in [4.78, 5) is 11.2. The number of ether oxygens (including phenoxy) is 4. The van der Waals surface area contributed by atoms with Crippen molar-refractivity contribution in [2.75, 3.05) is 26.4 Å². The van der Waals surface area contributed by atoms with Crippen molar-refractivity contribution in [1.82, 2.24) is 9.97 Å². The summed E-state index contributed by atoms with van der Waals surface area (Å²) in [6, 6.07) is 25.9. The van der Waals surface area contributed by atoms with Gasteiger partial charge in [0.05, 0.1) is 48.2 Å². The van der Waals surface area contributed by atoms with Crippen LogP contribution >= 0.6 is 0 Å². The van der Waals surface area contributed by atoms with E-state index in [1.807, 2.05) is 0 Å². The second-order valence-electron chi connectivity index (χ2n) is 18.8. The first kappa shape index (κ1) is 49.1. The molecule has 0 unspecified atom stereocenters. The molecular weight excluding hydrogens is 813 g/mol. The average molecular weight is 893 g/mol. The molecule has 0 aliphatic rings. The van der Waals surface area contributed by atoms with E-state index in [1.165, 1.54) is 116 Å². The van der Waals surface area contributed by atoms with Crippen LogP contribution in [-0.4, -0.2) is 36.4 Å². The second-order valence-corrected chi connectivity index (χ2v) is 18.8. The molecular formula is C60H80N2O4. The maximum atomic E-state index is 6.95. The summed E-state index contributed by atoms with van der Waals surface area (Å²) in [6.45, 7) is 11.7. The summed E-state index contributed by atoms with van der Waals surface area (Å²) in [5, 5.41) is 8.30. The van der Waals surface area contributed by atoms with Gasteiger partial charge in [0.2, 0.25) is 0 Å². The zero-order valence-electron chi connectivity index (χ0n) is 41.3. The van der Waals surface area contributed by atoms with Gasteiger partial charge in [0.15, 0.2) is 0 Å². The van der Waals surface area contributed by atoms with E-state index in [9.17, 15) is 0 Å². The fourth-order valence-electron chi connectivity index (χ4n) is 9.80. The lowest BCUT2D eigenvalue weighted by atomic mass is 9.97. The minimum atomic E-state index is 0.652. The Labute approximate surface area is 396 Å². The predicted octanol–water partition coefficient (Wildman–Crippen LogP) is 18.4. The minimum Gasteiger partial charge on any atom is -0.492 e. The summed E-state index contributed by atoms with van der Waals surface area (Å²) in [5.74, 6) is 3.57. The Bertz CT molecular complexity index is 2400. The van der Waals surface area contributed by atoms with Crippen molar-refractivity contribution in [2.45, 2.75) is 182 Å². The van der Waals surface area contributed by atoms with Gasteiger partial charge in [-0.1, -0.05) is 205 Å². The van der Waals surface area contributed by atoms with E-state index in [1.54, 1.807) is 0 Å². The second kappa shape index (κ2) is 26.5. The van der Waals surface area contributed by atoms with E-state index >= 15 is 0 Å². The zero-order chi connectivity index (χ0) is 45.8. The number of fused-ring (bicyclic) bond motifs is 8. The van der Waals surface area contributed by atoms with Gasteiger partial charge in [0.25, 0.3) is 0 Å². The molecule has 1 aromatic heterocycles. The summed E-state index contributed by atoms with van der Waals surface area (Å²) >= 11 is 0. The van der Waals surface area contributed by atoms with Gasteiger partial charge < -0.3 is 18.9 Å². The largest absolute Gasteiger partial charge is 0.492 e. The molecule has 0 amide bonds. The van der Waals surface area contributed by atoms with E-state index in [4.69, 9.17) is 28.9 Å². The molecule has 66 heavy (non-hydrogen) atoms. The summed E-state index contributed by atoms with van der Waals surface area (Å²) < 4.78 is 27.6. The Morgan fingerprint density at radius 3 is 0.879 bits per heavy atom. The van der Waals surface area contributed by atoms with Gasteiger partial charge in [-0.2, -0.15) is 0 Å². The first-order valence-electron chi connectivity index (χ1n) is 26.7. The highest BCUT2D eigenvalue weighted by molar-refractivity contribution is 6.22. The fourth-order valence-corrected chi connectivity index (χ4v) is 9.80. The Hall–Kier alpha value is -4.84. The highest BCUT2D eigenvalue weighted by Crippen LogP contribution is 2.48. The number of unbranched alkanes of at least 4 members (excludes halogenated alkanes) is 20. The number of hydrogen-bond donors (Lipinski definition) is 0. The van der Waals surface area contributed by atoms with Crippen LogP contribution in [0.15, 0.2) is 72.8 Å². The Balaban J connectivity index is 1.35. The molecule has 0 aliphatic heterocycles. The van der Waals surface area contributed by atoms with Crippen LogP contribution < -0.4 is 18.9 Å². The molecule has 7 rings (SSSR count). The smallest absolute Gasteiger partial charge is 0.137 e. The molecule has 354 valence electrons. The van der Waals surface area contributed by atoms with Crippen molar-refractivity contribution >= 4 is 65.2 Å². The van der Waals surface area contributed by atoms with E-state index in [2.05, 4.69) is 100 Å². The number of aromatic nitrogens is 2. The van der Waals surface area contributed by atoms with Crippen LogP contribution in [0.5, 0.6) is 23.0 Å².